The molecule has 0 aliphatic carbocycles. The van der Waals surface area contributed by atoms with Crippen LogP contribution in [0.15, 0.2) is 79.3 Å². The second kappa shape index (κ2) is 8.27. The molecule has 0 radical (unpaired) electrons. The van der Waals surface area contributed by atoms with E-state index in [0.717, 1.165) is 33.8 Å². The molecule has 1 amide bonds. The summed E-state index contributed by atoms with van der Waals surface area (Å²) in [4.78, 5) is 17.9. The first-order valence-electron chi connectivity index (χ1n) is 10.6. The predicted molar refractivity (Wildman–Crippen MR) is 128 cm³/mol. The highest BCUT2D eigenvalue weighted by Gasteiger charge is 2.18. The van der Waals surface area contributed by atoms with Crippen LogP contribution in [-0.4, -0.2) is 32.2 Å². The van der Waals surface area contributed by atoms with Crippen molar-refractivity contribution in [3.05, 3.63) is 96.1 Å². The molecule has 0 bridgehead atoms. The zero-order chi connectivity index (χ0) is 22.9. The van der Waals surface area contributed by atoms with Gasteiger partial charge in [-0.15, -0.1) is 0 Å². The Bertz CT molecular complexity index is 1470. The number of nitrogens with zero attached hydrogens (tertiary/aromatic N) is 4. The lowest BCUT2D eigenvalue weighted by Crippen LogP contribution is -2.14. The minimum absolute atomic E-state index is 0.254. The lowest BCUT2D eigenvalue weighted by molar-refractivity contribution is 0.102. The van der Waals surface area contributed by atoms with E-state index >= 15 is 0 Å². The lowest BCUT2D eigenvalue weighted by atomic mass is 10.1. The molecule has 0 aliphatic rings. The molecule has 0 spiro atoms. The van der Waals surface area contributed by atoms with E-state index in [1.807, 2.05) is 91.3 Å². The van der Waals surface area contributed by atoms with Crippen molar-refractivity contribution in [2.24, 2.45) is 0 Å². The van der Waals surface area contributed by atoms with E-state index in [0.29, 0.717) is 17.0 Å². The Balaban J connectivity index is 1.47. The van der Waals surface area contributed by atoms with Gasteiger partial charge in [-0.3, -0.25) is 4.79 Å². The third-order valence-electron chi connectivity index (χ3n) is 5.68. The largest absolute Gasteiger partial charge is 0.495 e. The van der Waals surface area contributed by atoms with E-state index in [1.165, 1.54) is 0 Å². The van der Waals surface area contributed by atoms with Crippen molar-refractivity contribution in [1.29, 1.82) is 0 Å². The summed E-state index contributed by atoms with van der Waals surface area (Å²) < 4.78 is 9.24. The van der Waals surface area contributed by atoms with Crippen LogP contribution in [-0.2, 0) is 0 Å². The van der Waals surface area contributed by atoms with Gasteiger partial charge in [-0.25, -0.2) is 9.67 Å². The molecule has 3 aromatic heterocycles. The van der Waals surface area contributed by atoms with Crippen molar-refractivity contribution in [3.63, 3.8) is 0 Å². The van der Waals surface area contributed by atoms with E-state index in [4.69, 9.17) is 9.72 Å². The molecule has 164 valence electrons. The molecule has 0 saturated carbocycles. The summed E-state index contributed by atoms with van der Waals surface area (Å²) in [5.41, 5.74) is 6.41. The molecule has 7 heteroatoms. The maximum absolute atomic E-state index is 13.1. The van der Waals surface area contributed by atoms with E-state index in [2.05, 4.69) is 10.4 Å². The number of fused-ring (bicyclic) bond motifs is 1. The number of ether oxygens (including phenoxy) is 1. The highest BCUT2D eigenvalue weighted by molar-refractivity contribution is 6.06. The summed E-state index contributed by atoms with van der Waals surface area (Å²) in [6.07, 6.45) is 5.53. The van der Waals surface area contributed by atoms with E-state index in [9.17, 15) is 4.79 Å². The third-order valence-corrected chi connectivity index (χ3v) is 5.68. The predicted octanol–water partition coefficient (Wildman–Crippen LogP) is 5.06. The van der Waals surface area contributed by atoms with Crippen LogP contribution in [0.2, 0.25) is 0 Å². The number of hydrogen-bond acceptors (Lipinski definition) is 4. The van der Waals surface area contributed by atoms with Gasteiger partial charge >= 0.3 is 0 Å². The number of imidazole rings is 1. The minimum atomic E-state index is -0.254. The lowest BCUT2D eigenvalue weighted by Gasteiger charge is -2.12. The summed E-state index contributed by atoms with van der Waals surface area (Å²) in [5.74, 6) is 0.316. The van der Waals surface area contributed by atoms with Gasteiger partial charge in [-0.05, 0) is 55.8 Å². The first-order valence-corrected chi connectivity index (χ1v) is 10.6. The summed E-state index contributed by atoms with van der Waals surface area (Å²) in [6, 6.07) is 19.4. The number of carbonyl (C=O) groups excluding carboxylic acids is 1. The third kappa shape index (κ3) is 3.74. The molecule has 7 nitrogen and oxygen atoms in total. The zero-order valence-electron chi connectivity index (χ0n) is 18.6. The van der Waals surface area contributed by atoms with Gasteiger partial charge in [-0.1, -0.05) is 24.3 Å². The topological polar surface area (TPSA) is 73.5 Å². The van der Waals surface area contributed by atoms with Crippen molar-refractivity contribution >= 4 is 17.2 Å². The van der Waals surface area contributed by atoms with Crippen molar-refractivity contribution < 1.29 is 9.53 Å². The molecule has 3 heterocycles. The first-order chi connectivity index (χ1) is 16.0. The molecule has 0 saturated heterocycles. The molecular formula is C26H23N5O2. The SMILES string of the molecule is COc1ccc(-c2cn3cccc(C)c3n2)cc1NC(=O)c1cnn(-c2ccccc2)c1C. The maximum atomic E-state index is 13.1. The Labute approximate surface area is 191 Å². The fourth-order valence-corrected chi connectivity index (χ4v) is 3.91. The number of anilines is 1. The molecule has 5 rings (SSSR count). The highest BCUT2D eigenvalue weighted by Crippen LogP contribution is 2.31. The second-order valence-corrected chi connectivity index (χ2v) is 7.81. The number of aryl methyl sites for hydroxylation is 1. The molecule has 2 aromatic carbocycles. The second-order valence-electron chi connectivity index (χ2n) is 7.81. The average molecular weight is 438 g/mol. The smallest absolute Gasteiger partial charge is 0.259 e. The van der Waals surface area contributed by atoms with Crippen molar-refractivity contribution in [3.8, 4) is 22.7 Å². The Morgan fingerprint density at radius 1 is 1.03 bits per heavy atom. The van der Waals surface area contributed by atoms with Crippen molar-refractivity contribution in [2.45, 2.75) is 13.8 Å². The monoisotopic (exact) mass is 437 g/mol. The average Bonchev–Trinajstić information content (AvgIpc) is 3.44. The van der Waals surface area contributed by atoms with Gasteiger partial charge in [0.1, 0.15) is 11.4 Å². The number of nitrogens with one attached hydrogen (secondary N) is 1. The number of benzene rings is 2. The standard InChI is InChI=1S/C26H23N5O2/c1-17-8-7-13-30-16-23(28-25(17)30)19-11-12-24(33-3)22(14-19)29-26(32)21-15-27-31(18(21)2)20-9-5-4-6-10-20/h4-16H,1-3H3,(H,29,32). The minimum Gasteiger partial charge on any atom is -0.495 e. The van der Waals surface area contributed by atoms with Crippen LogP contribution < -0.4 is 10.1 Å². The van der Waals surface area contributed by atoms with Crippen molar-refractivity contribution in [1.82, 2.24) is 19.2 Å². The summed E-state index contributed by atoms with van der Waals surface area (Å²) >= 11 is 0. The molecule has 0 aliphatic heterocycles. The number of hydrogen-bond donors (Lipinski definition) is 1. The first kappa shape index (κ1) is 20.5. The summed E-state index contributed by atoms with van der Waals surface area (Å²) in [7, 11) is 1.58. The number of para-hydroxylation sites is 1. The van der Waals surface area contributed by atoms with E-state index in [1.54, 1.807) is 18.0 Å². The van der Waals surface area contributed by atoms with Gasteiger partial charge in [0, 0.05) is 18.0 Å². The van der Waals surface area contributed by atoms with Crippen LogP contribution in [0.4, 0.5) is 5.69 Å². The van der Waals surface area contributed by atoms with Crippen LogP contribution in [0.5, 0.6) is 5.75 Å². The molecule has 33 heavy (non-hydrogen) atoms. The summed E-state index contributed by atoms with van der Waals surface area (Å²) in [5, 5.41) is 7.39. The van der Waals surface area contributed by atoms with Gasteiger partial charge in [0.05, 0.1) is 41.6 Å². The number of carbonyl (C=O) groups is 1. The van der Waals surface area contributed by atoms with Crippen LogP contribution in [0.25, 0.3) is 22.6 Å². The van der Waals surface area contributed by atoms with Crippen molar-refractivity contribution in [2.75, 3.05) is 12.4 Å². The van der Waals surface area contributed by atoms with Crippen LogP contribution in [0, 0.1) is 13.8 Å². The Hall–Kier alpha value is -4.39. The van der Waals surface area contributed by atoms with Gasteiger partial charge in [0.25, 0.3) is 5.91 Å². The van der Waals surface area contributed by atoms with Gasteiger partial charge in [-0.2, -0.15) is 5.10 Å². The highest BCUT2D eigenvalue weighted by atomic mass is 16.5. The van der Waals surface area contributed by atoms with Crippen LogP contribution >= 0.6 is 0 Å². The molecular weight excluding hydrogens is 414 g/mol. The Kier molecular flexibility index (Phi) is 5.14. The zero-order valence-corrected chi connectivity index (χ0v) is 18.6. The van der Waals surface area contributed by atoms with Gasteiger partial charge in [0.15, 0.2) is 0 Å². The number of amides is 1. The number of pyridine rings is 1. The Morgan fingerprint density at radius 2 is 1.85 bits per heavy atom. The van der Waals surface area contributed by atoms with Crippen LogP contribution in [0.1, 0.15) is 21.6 Å². The van der Waals surface area contributed by atoms with Crippen LogP contribution in [0.3, 0.4) is 0 Å². The number of aromatic nitrogens is 4. The molecule has 0 atom stereocenters. The normalized spacial score (nSPS) is 11.0. The van der Waals surface area contributed by atoms with Gasteiger partial charge < -0.3 is 14.5 Å². The van der Waals surface area contributed by atoms with E-state index in [-0.39, 0.29) is 5.91 Å². The number of rotatable bonds is 5. The molecule has 0 unspecified atom stereocenters. The molecule has 5 aromatic rings. The van der Waals surface area contributed by atoms with E-state index < -0.39 is 0 Å². The number of methoxy groups -OCH3 is 1. The summed E-state index contributed by atoms with van der Waals surface area (Å²) in [6.45, 7) is 3.91. The van der Waals surface area contributed by atoms with Gasteiger partial charge in [0.2, 0.25) is 0 Å². The Morgan fingerprint density at radius 3 is 2.61 bits per heavy atom. The quantitative estimate of drug-likeness (QED) is 0.417. The molecule has 1 N–H and O–H groups in total. The fraction of sp³-hybridized carbons (Fsp3) is 0.115. The maximum Gasteiger partial charge on any atom is 0.259 e. The molecule has 0 fully saturated rings. The fourth-order valence-electron chi connectivity index (χ4n) is 3.91.